The zero-order valence-electron chi connectivity index (χ0n) is 19.2. The fourth-order valence-corrected chi connectivity index (χ4v) is 5.44. The van der Waals surface area contributed by atoms with Crippen LogP contribution in [0.5, 0.6) is 11.5 Å². The molecule has 0 saturated carbocycles. The average Bonchev–Trinajstić information content (AvgIpc) is 3.14. The molecular formula is C27H26N4O4. The third-order valence-electron chi connectivity index (χ3n) is 7.20. The molecule has 8 nitrogen and oxygen atoms in total. The molecule has 0 radical (unpaired) electrons. The molecule has 1 aromatic heterocycles. The maximum Gasteiger partial charge on any atom is 0.272 e. The van der Waals surface area contributed by atoms with E-state index < -0.39 is 6.10 Å². The lowest BCUT2D eigenvalue weighted by Crippen LogP contribution is -2.46. The summed E-state index contributed by atoms with van der Waals surface area (Å²) in [5.74, 6) is 1.86. The molecule has 4 aliphatic heterocycles. The Morgan fingerprint density at radius 2 is 1.83 bits per heavy atom. The summed E-state index contributed by atoms with van der Waals surface area (Å²) in [6, 6.07) is 17.6. The average molecular weight is 471 g/mol. The molecule has 1 N–H and O–H groups in total. The van der Waals surface area contributed by atoms with Crippen molar-refractivity contribution >= 4 is 28.8 Å². The van der Waals surface area contributed by atoms with Crippen LogP contribution in [0.2, 0.25) is 0 Å². The van der Waals surface area contributed by atoms with Gasteiger partial charge in [0, 0.05) is 30.5 Å². The Kier molecular flexibility index (Phi) is 4.80. The topological polar surface area (TPSA) is 76.2 Å². The summed E-state index contributed by atoms with van der Waals surface area (Å²) in [7, 11) is 0. The Hall–Kier alpha value is -3.78. The number of aromatic nitrogens is 1. The zero-order valence-corrected chi connectivity index (χ0v) is 19.2. The number of rotatable bonds is 2. The van der Waals surface area contributed by atoms with E-state index in [1.54, 1.807) is 11.1 Å². The predicted octanol–water partition coefficient (Wildman–Crippen LogP) is 3.88. The Morgan fingerprint density at radius 3 is 2.69 bits per heavy atom. The summed E-state index contributed by atoms with van der Waals surface area (Å²) in [6.07, 6.45) is 3.81. The van der Waals surface area contributed by atoms with Gasteiger partial charge in [0.15, 0.2) is 11.5 Å². The van der Waals surface area contributed by atoms with Crippen LogP contribution < -0.4 is 24.6 Å². The molecule has 2 bridgehead atoms. The zero-order chi connectivity index (χ0) is 23.4. The second-order valence-corrected chi connectivity index (χ2v) is 9.49. The fraction of sp³-hybridized carbons (Fsp3) is 0.333. The van der Waals surface area contributed by atoms with Crippen LogP contribution in [0.25, 0.3) is 0 Å². The van der Waals surface area contributed by atoms with Gasteiger partial charge in [0.05, 0.1) is 30.1 Å². The van der Waals surface area contributed by atoms with E-state index in [-0.39, 0.29) is 24.7 Å². The van der Waals surface area contributed by atoms with Crippen LogP contribution >= 0.6 is 0 Å². The normalized spacial score (nSPS) is 24.2. The molecule has 178 valence electrons. The van der Waals surface area contributed by atoms with Crippen LogP contribution in [0, 0.1) is 0 Å². The van der Waals surface area contributed by atoms with Crippen LogP contribution in [-0.4, -0.2) is 48.9 Å². The number of carbonyl (C=O) groups is 1. The Bertz CT molecular complexity index is 1290. The highest BCUT2D eigenvalue weighted by Crippen LogP contribution is 2.40. The van der Waals surface area contributed by atoms with Crippen molar-refractivity contribution in [3.63, 3.8) is 0 Å². The summed E-state index contributed by atoms with van der Waals surface area (Å²) < 4.78 is 18.0. The number of carbonyl (C=O) groups excluding carboxylic acids is 1. The molecule has 0 unspecified atom stereocenters. The third kappa shape index (κ3) is 3.65. The molecule has 0 spiro atoms. The molecule has 3 atom stereocenters. The fourth-order valence-electron chi connectivity index (χ4n) is 5.44. The van der Waals surface area contributed by atoms with Gasteiger partial charge in [0.2, 0.25) is 6.10 Å². The van der Waals surface area contributed by atoms with E-state index >= 15 is 0 Å². The molecule has 2 saturated heterocycles. The van der Waals surface area contributed by atoms with Gasteiger partial charge in [-0.15, -0.1) is 0 Å². The molecule has 3 aromatic rings. The van der Waals surface area contributed by atoms with Crippen molar-refractivity contribution in [3.8, 4) is 11.5 Å². The molecule has 4 aliphatic rings. The first kappa shape index (κ1) is 20.6. The first-order chi connectivity index (χ1) is 17.2. The summed E-state index contributed by atoms with van der Waals surface area (Å²) in [6.45, 7) is 2.30. The van der Waals surface area contributed by atoms with Crippen LogP contribution in [0.1, 0.15) is 18.4 Å². The standard InChI is InChI=1S/C27H26N4O4/c32-27(25-16-33-23-5-1-2-6-24(23)35-25)31-13-17-4-3-11-28-26(17)29-21-10-7-18(12-22(21)31)30-14-19-8-9-20(15-30)34-19/h1-7,10-12,19-20,25H,8-9,13-16H2,(H,28,29)/t19-,20+,25-/m1/s1. The molecule has 5 heterocycles. The van der Waals surface area contributed by atoms with Gasteiger partial charge < -0.3 is 29.3 Å². The van der Waals surface area contributed by atoms with Gasteiger partial charge in [-0.2, -0.15) is 0 Å². The first-order valence-corrected chi connectivity index (χ1v) is 12.2. The van der Waals surface area contributed by atoms with Crippen molar-refractivity contribution < 1.29 is 19.0 Å². The number of anilines is 4. The number of hydrogen-bond donors (Lipinski definition) is 1. The van der Waals surface area contributed by atoms with Gasteiger partial charge in [-0.05, 0) is 49.2 Å². The lowest BCUT2D eigenvalue weighted by atomic mass is 10.1. The highest BCUT2D eigenvalue weighted by atomic mass is 16.6. The minimum atomic E-state index is -0.737. The van der Waals surface area contributed by atoms with Crippen LogP contribution in [0.15, 0.2) is 60.8 Å². The van der Waals surface area contributed by atoms with E-state index in [1.165, 1.54) is 0 Å². The summed E-state index contributed by atoms with van der Waals surface area (Å²) in [4.78, 5) is 22.6. The van der Waals surface area contributed by atoms with Crippen LogP contribution in [0.3, 0.4) is 0 Å². The van der Waals surface area contributed by atoms with Crippen molar-refractivity contribution in [2.24, 2.45) is 0 Å². The van der Waals surface area contributed by atoms with Gasteiger partial charge in [-0.25, -0.2) is 4.98 Å². The van der Waals surface area contributed by atoms with Gasteiger partial charge >= 0.3 is 0 Å². The molecule has 35 heavy (non-hydrogen) atoms. The van der Waals surface area contributed by atoms with E-state index in [1.807, 2.05) is 42.5 Å². The minimum Gasteiger partial charge on any atom is -0.485 e. The summed E-state index contributed by atoms with van der Waals surface area (Å²) >= 11 is 0. The van der Waals surface area contributed by atoms with E-state index in [9.17, 15) is 4.79 Å². The molecular weight excluding hydrogens is 444 g/mol. The number of fused-ring (bicyclic) bond motifs is 5. The second-order valence-electron chi connectivity index (χ2n) is 9.49. The van der Waals surface area contributed by atoms with Crippen LogP contribution in [0.4, 0.5) is 22.9 Å². The molecule has 0 aliphatic carbocycles. The van der Waals surface area contributed by atoms with E-state index in [0.717, 1.165) is 54.4 Å². The largest absolute Gasteiger partial charge is 0.485 e. The lowest BCUT2D eigenvalue weighted by Gasteiger charge is -2.35. The SMILES string of the molecule is O=C([C@H]1COc2ccccc2O1)N1Cc2cccnc2Nc2ccc(N3C[C@H]4CC[C@@H](C3)O4)cc21. The quantitative estimate of drug-likeness (QED) is 0.609. The monoisotopic (exact) mass is 470 g/mol. The number of nitrogens with zero attached hydrogens (tertiary/aromatic N) is 3. The first-order valence-electron chi connectivity index (χ1n) is 12.2. The Balaban J connectivity index is 1.25. The van der Waals surface area contributed by atoms with Crippen molar-refractivity contribution in [1.29, 1.82) is 0 Å². The smallest absolute Gasteiger partial charge is 0.272 e. The summed E-state index contributed by atoms with van der Waals surface area (Å²) in [5, 5.41) is 3.45. The van der Waals surface area contributed by atoms with Crippen molar-refractivity contribution in [3.05, 3.63) is 66.4 Å². The maximum atomic E-state index is 13.9. The highest BCUT2D eigenvalue weighted by molar-refractivity contribution is 6.01. The number of morpholine rings is 1. The number of ether oxygens (including phenoxy) is 3. The van der Waals surface area contributed by atoms with Crippen molar-refractivity contribution in [2.45, 2.75) is 37.7 Å². The minimum absolute atomic E-state index is 0.140. The third-order valence-corrected chi connectivity index (χ3v) is 7.20. The molecule has 7 rings (SSSR count). The van der Waals surface area contributed by atoms with Crippen LogP contribution in [-0.2, 0) is 16.1 Å². The van der Waals surface area contributed by atoms with Gasteiger partial charge in [0.1, 0.15) is 12.4 Å². The Morgan fingerprint density at radius 1 is 1.00 bits per heavy atom. The number of hydrogen-bond acceptors (Lipinski definition) is 7. The maximum absolute atomic E-state index is 13.9. The molecule has 1 amide bonds. The molecule has 8 heteroatoms. The van der Waals surface area contributed by atoms with Gasteiger partial charge in [-0.1, -0.05) is 18.2 Å². The van der Waals surface area contributed by atoms with E-state index in [2.05, 4.69) is 27.3 Å². The van der Waals surface area contributed by atoms with Crippen molar-refractivity contribution in [2.75, 3.05) is 34.8 Å². The number of benzene rings is 2. The number of para-hydroxylation sites is 2. The molecule has 2 fully saturated rings. The number of amides is 1. The number of pyridine rings is 1. The van der Waals surface area contributed by atoms with Crippen molar-refractivity contribution in [1.82, 2.24) is 4.98 Å². The highest BCUT2D eigenvalue weighted by Gasteiger charge is 2.36. The summed E-state index contributed by atoms with van der Waals surface area (Å²) in [5.41, 5.74) is 3.69. The number of nitrogens with one attached hydrogen (secondary N) is 1. The molecule has 2 aromatic carbocycles. The van der Waals surface area contributed by atoms with Gasteiger partial charge in [0.25, 0.3) is 5.91 Å². The predicted molar refractivity (Wildman–Crippen MR) is 132 cm³/mol. The Labute approximate surface area is 203 Å². The van der Waals surface area contributed by atoms with E-state index in [0.29, 0.717) is 18.0 Å². The lowest BCUT2D eigenvalue weighted by molar-refractivity contribution is -0.127. The second kappa shape index (κ2) is 8.16. The van der Waals surface area contributed by atoms with Gasteiger partial charge in [-0.3, -0.25) is 4.79 Å². The van der Waals surface area contributed by atoms with E-state index in [4.69, 9.17) is 14.2 Å².